The summed E-state index contributed by atoms with van der Waals surface area (Å²) >= 11 is 0. The Morgan fingerprint density at radius 3 is 2.24 bits per heavy atom. The van der Waals surface area contributed by atoms with E-state index in [4.69, 9.17) is 14.2 Å². The van der Waals surface area contributed by atoms with E-state index in [9.17, 15) is 5.11 Å². The van der Waals surface area contributed by atoms with Crippen LogP contribution in [-0.4, -0.2) is 76.3 Å². The molecule has 0 aliphatic carbocycles. The van der Waals surface area contributed by atoms with E-state index in [1.165, 1.54) is 0 Å². The van der Waals surface area contributed by atoms with Crippen LogP contribution in [0.4, 0.5) is 5.69 Å². The third kappa shape index (κ3) is 6.38. The van der Waals surface area contributed by atoms with Crippen molar-refractivity contribution < 1.29 is 19.3 Å². The molecular weight excluding hydrogens is 320 g/mol. The zero-order valence-electron chi connectivity index (χ0n) is 15.7. The van der Waals surface area contributed by atoms with Crippen LogP contribution in [0.2, 0.25) is 0 Å². The van der Waals surface area contributed by atoms with Crippen molar-refractivity contribution in [3.8, 4) is 11.5 Å². The van der Waals surface area contributed by atoms with E-state index in [2.05, 4.69) is 16.7 Å². The normalized spacial score (nSPS) is 16.7. The zero-order valence-corrected chi connectivity index (χ0v) is 15.7. The molecule has 0 bridgehead atoms. The maximum absolute atomic E-state index is 10.1. The number of aliphatic hydroxyl groups is 1. The second kappa shape index (κ2) is 10.5. The van der Waals surface area contributed by atoms with Crippen LogP contribution in [0.5, 0.6) is 11.5 Å². The fourth-order valence-corrected chi connectivity index (χ4v) is 2.98. The van der Waals surface area contributed by atoms with Gasteiger partial charge in [0.05, 0.1) is 26.9 Å². The smallest absolute Gasteiger partial charge is 0.124 e. The molecule has 1 aliphatic heterocycles. The lowest BCUT2D eigenvalue weighted by molar-refractivity contribution is 0.0150. The Labute approximate surface area is 151 Å². The van der Waals surface area contributed by atoms with E-state index in [0.717, 1.165) is 62.8 Å². The van der Waals surface area contributed by atoms with Gasteiger partial charge in [-0.15, -0.1) is 0 Å². The molecule has 1 fully saturated rings. The van der Waals surface area contributed by atoms with Gasteiger partial charge in [-0.2, -0.15) is 0 Å². The van der Waals surface area contributed by atoms with Gasteiger partial charge in [0, 0.05) is 63.2 Å². The quantitative estimate of drug-likeness (QED) is 0.650. The van der Waals surface area contributed by atoms with Crippen molar-refractivity contribution in [2.24, 2.45) is 0 Å². The molecule has 1 N–H and O–H groups in total. The molecule has 0 saturated carbocycles. The second-order valence-electron chi connectivity index (χ2n) is 6.44. The molecule has 1 atom stereocenters. The first-order valence-electron chi connectivity index (χ1n) is 9.12. The van der Waals surface area contributed by atoms with Crippen LogP contribution in [0.25, 0.3) is 0 Å². The van der Waals surface area contributed by atoms with Gasteiger partial charge in [0.1, 0.15) is 11.5 Å². The second-order valence-corrected chi connectivity index (χ2v) is 6.44. The first-order chi connectivity index (χ1) is 12.2. The zero-order chi connectivity index (χ0) is 18.1. The van der Waals surface area contributed by atoms with Crippen LogP contribution in [0.3, 0.4) is 0 Å². The first kappa shape index (κ1) is 19.8. The Morgan fingerprint density at radius 1 is 1.04 bits per heavy atom. The van der Waals surface area contributed by atoms with Crippen molar-refractivity contribution in [3.05, 3.63) is 18.2 Å². The molecule has 6 nitrogen and oxygen atoms in total. The lowest BCUT2D eigenvalue weighted by atomic mass is 10.2. The third-order valence-corrected chi connectivity index (χ3v) is 4.50. The van der Waals surface area contributed by atoms with Crippen LogP contribution in [-0.2, 0) is 4.74 Å². The number of unbranched alkanes of at least 4 members (excludes halogenated alkanes) is 1. The summed E-state index contributed by atoms with van der Waals surface area (Å²) in [5, 5.41) is 10.1. The summed E-state index contributed by atoms with van der Waals surface area (Å²) in [7, 11) is 3.33. The predicted molar refractivity (Wildman–Crippen MR) is 99.9 cm³/mol. The largest absolute Gasteiger partial charge is 0.497 e. The molecule has 6 heteroatoms. The van der Waals surface area contributed by atoms with Crippen LogP contribution in [0, 0.1) is 0 Å². The van der Waals surface area contributed by atoms with E-state index in [0.29, 0.717) is 13.2 Å². The first-order valence-corrected chi connectivity index (χ1v) is 9.12. The van der Waals surface area contributed by atoms with Gasteiger partial charge in [0.2, 0.25) is 0 Å². The molecular formula is C19H32N2O4. The number of rotatable bonds is 10. The van der Waals surface area contributed by atoms with Gasteiger partial charge in [-0.3, -0.25) is 4.90 Å². The van der Waals surface area contributed by atoms with Crippen molar-refractivity contribution >= 4 is 5.69 Å². The number of ether oxygens (including phenoxy) is 3. The number of nitrogens with zero attached hydrogens (tertiary/aromatic N) is 2. The number of hydrogen-bond acceptors (Lipinski definition) is 6. The third-order valence-electron chi connectivity index (χ3n) is 4.50. The highest BCUT2D eigenvalue weighted by Gasteiger charge is 2.20. The lowest BCUT2D eigenvalue weighted by Crippen LogP contribution is -2.49. The minimum absolute atomic E-state index is 0.416. The Morgan fingerprint density at radius 2 is 1.68 bits per heavy atom. The summed E-state index contributed by atoms with van der Waals surface area (Å²) in [6.07, 6.45) is 1.75. The summed E-state index contributed by atoms with van der Waals surface area (Å²) in [6, 6.07) is 5.96. The molecule has 1 aliphatic rings. The Hall–Kier alpha value is -1.50. The molecule has 0 aromatic heterocycles. The molecule has 1 unspecified atom stereocenters. The van der Waals surface area contributed by atoms with Gasteiger partial charge in [-0.25, -0.2) is 0 Å². The molecule has 0 radical (unpaired) electrons. The topological polar surface area (TPSA) is 54.4 Å². The molecule has 25 heavy (non-hydrogen) atoms. The maximum Gasteiger partial charge on any atom is 0.124 e. The summed E-state index contributed by atoms with van der Waals surface area (Å²) in [6.45, 7) is 7.64. The predicted octanol–water partition coefficient (Wildman–Crippen LogP) is 2.00. The van der Waals surface area contributed by atoms with Gasteiger partial charge in [-0.05, 0) is 6.42 Å². The molecule has 2 rings (SSSR count). The fraction of sp³-hybridized carbons (Fsp3) is 0.684. The number of piperazine rings is 1. The van der Waals surface area contributed by atoms with E-state index >= 15 is 0 Å². The van der Waals surface area contributed by atoms with Crippen molar-refractivity contribution in [1.82, 2.24) is 4.90 Å². The van der Waals surface area contributed by atoms with Crippen LogP contribution in [0.1, 0.15) is 19.8 Å². The van der Waals surface area contributed by atoms with Gasteiger partial charge in [0.25, 0.3) is 0 Å². The standard InChI is InChI=1S/C19H32N2O4/c1-4-5-10-25-15-17(22)14-20-6-8-21(9-7-20)16-11-18(23-2)13-19(12-16)24-3/h11-13,17,22H,4-10,14-15H2,1-3H3. The van der Waals surface area contributed by atoms with E-state index in [-0.39, 0.29) is 0 Å². The Bertz CT molecular complexity index is 482. The Kier molecular flexibility index (Phi) is 8.31. The highest BCUT2D eigenvalue weighted by Crippen LogP contribution is 2.29. The number of hydrogen-bond donors (Lipinski definition) is 1. The van der Waals surface area contributed by atoms with Gasteiger partial charge >= 0.3 is 0 Å². The molecule has 0 spiro atoms. The van der Waals surface area contributed by atoms with Crippen molar-refractivity contribution in [3.63, 3.8) is 0 Å². The molecule has 1 saturated heterocycles. The van der Waals surface area contributed by atoms with Crippen LogP contribution >= 0.6 is 0 Å². The highest BCUT2D eigenvalue weighted by atomic mass is 16.5. The van der Waals surface area contributed by atoms with Crippen molar-refractivity contribution in [2.75, 3.05) is 65.1 Å². The number of benzene rings is 1. The molecule has 1 heterocycles. The van der Waals surface area contributed by atoms with Crippen molar-refractivity contribution in [2.45, 2.75) is 25.9 Å². The molecule has 1 aromatic carbocycles. The van der Waals surface area contributed by atoms with Crippen molar-refractivity contribution in [1.29, 1.82) is 0 Å². The lowest BCUT2D eigenvalue weighted by Gasteiger charge is -2.37. The minimum atomic E-state index is -0.416. The van der Waals surface area contributed by atoms with E-state index in [1.54, 1.807) is 14.2 Å². The maximum atomic E-state index is 10.1. The van der Waals surface area contributed by atoms with Gasteiger partial charge in [-0.1, -0.05) is 13.3 Å². The monoisotopic (exact) mass is 352 g/mol. The van der Waals surface area contributed by atoms with Gasteiger partial charge < -0.3 is 24.2 Å². The highest BCUT2D eigenvalue weighted by molar-refractivity contribution is 5.56. The fourth-order valence-electron chi connectivity index (χ4n) is 2.98. The SMILES string of the molecule is CCCCOCC(O)CN1CCN(c2cc(OC)cc(OC)c2)CC1. The van der Waals surface area contributed by atoms with E-state index < -0.39 is 6.10 Å². The Balaban J connectivity index is 1.79. The number of methoxy groups -OCH3 is 2. The van der Waals surface area contributed by atoms with E-state index in [1.807, 2.05) is 18.2 Å². The summed E-state index contributed by atoms with van der Waals surface area (Å²) in [4.78, 5) is 4.62. The van der Waals surface area contributed by atoms with Gasteiger partial charge in [0.15, 0.2) is 0 Å². The minimum Gasteiger partial charge on any atom is -0.497 e. The summed E-state index contributed by atoms with van der Waals surface area (Å²) < 4.78 is 16.2. The molecule has 142 valence electrons. The number of aliphatic hydroxyl groups excluding tert-OH is 1. The number of β-amino-alcohol motifs (C(OH)–C–C–N with tert-alkyl or cyclic N) is 1. The number of anilines is 1. The molecule has 1 aromatic rings. The summed E-state index contributed by atoms with van der Waals surface area (Å²) in [5.74, 6) is 1.60. The molecule has 0 amide bonds. The average Bonchev–Trinajstić information content (AvgIpc) is 2.65. The van der Waals surface area contributed by atoms with Crippen LogP contribution < -0.4 is 14.4 Å². The average molecular weight is 352 g/mol. The van der Waals surface area contributed by atoms with Crippen LogP contribution in [0.15, 0.2) is 18.2 Å². The summed E-state index contributed by atoms with van der Waals surface area (Å²) in [5.41, 5.74) is 1.11.